The molecule has 6 rings (SSSR count). The fourth-order valence-electron chi connectivity index (χ4n) is 5.60. The van der Waals surface area contributed by atoms with Gasteiger partial charge in [-0.1, -0.05) is 17.7 Å². The van der Waals surface area contributed by atoms with Crippen LogP contribution in [-0.2, 0) is 6.54 Å². The van der Waals surface area contributed by atoms with Gasteiger partial charge < -0.3 is 15.0 Å². The van der Waals surface area contributed by atoms with Gasteiger partial charge in [0.1, 0.15) is 17.9 Å². The molecule has 3 aromatic rings. The number of nitrogens with one attached hydrogen (secondary N) is 1. The molecule has 0 spiro atoms. The van der Waals surface area contributed by atoms with Gasteiger partial charge in [-0.2, -0.15) is 4.98 Å². The van der Waals surface area contributed by atoms with Crippen LogP contribution >= 0.6 is 11.6 Å². The number of ether oxygens (including phenoxy) is 1. The van der Waals surface area contributed by atoms with E-state index in [1.807, 2.05) is 35.9 Å². The van der Waals surface area contributed by atoms with Gasteiger partial charge in [0, 0.05) is 42.5 Å². The summed E-state index contributed by atoms with van der Waals surface area (Å²) >= 11 is 6.13. The molecule has 2 aromatic heterocycles. The number of aryl methyl sites for hydroxylation is 2. The standard InChI is InChI=1S/C24H28ClN7O/c1-15-10-21(27-14-26-15)31-12-16-7-8-17(13-31)22(16)28-24-29-23-20(6-3-9-32(23)30-24)33-19-5-2-4-18(25)11-19/h2,4-5,10-11,14,16-17,20,22H,3,6-9,12-13H2,1H3,(H,28,30)/t16-,17+,20-,22-/m1/s1. The first-order chi connectivity index (χ1) is 16.1. The van der Waals surface area contributed by atoms with E-state index < -0.39 is 0 Å². The molecule has 1 saturated carbocycles. The number of anilines is 2. The Hall–Kier alpha value is -2.87. The lowest BCUT2D eigenvalue weighted by molar-refractivity contribution is 0.155. The minimum absolute atomic E-state index is 0.111. The van der Waals surface area contributed by atoms with Crippen molar-refractivity contribution in [2.24, 2.45) is 11.8 Å². The zero-order valence-corrected chi connectivity index (χ0v) is 19.4. The molecule has 1 N–H and O–H groups in total. The quantitative estimate of drug-likeness (QED) is 0.602. The SMILES string of the molecule is Cc1cc(N2C[C@H]3CC[C@@H](C2)[C@@H]3Nc2nc3n(n2)CCC[C@H]3Oc2cccc(Cl)c2)ncn1. The summed E-state index contributed by atoms with van der Waals surface area (Å²) in [7, 11) is 0. The van der Waals surface area contributed by atoms with Gasteiger partial charge in [0.25, 0.3) is 0 Å². The number of hydrogen-bond donors (Lipinski definition) is 1. The number of rotatable bonds is 5. The van der Waals surface area contributed by atoms with E-state index >= 15 is 0 Å². The fourth-order valence-corrected chi connectivity index (χ4v) is 5.78. The predicted molar refractivity (Wildman–Crippen MR) is 127 cm³/mol. The normalized spacial score (nSPS) is 26.2. The maximum atomic E-state index is 6.24. The van der Waals surface area contributed by atoms with Crippen molar-refractivity contribution in [2.75, 3.05) is 23.3 Å². The summed E-state index contributed by atoms with van der Waals surface area (Å²) in [5, 5.41) is 9.16. The van der Waals surface area contributed by atoms with Gasteiger partial charge in [-0.3, -0.25) is 0 Å². The highest BCUT2D eigenvalue weighted by atomic mass is 35.5. The number of benzene rings is 1. The molecule has 9 heteroatoms. The fraction of sp³-hybridized carbons (Fsp3) is 0.500. The van der Waals surface area contributed by atoms with E-state index in [0.717, 1.165) is 61.5 Å². The summed E-state index contributed by atoms with van der Waals surface area (Å²) in [5.74, 6) is 4.53. The molecule has 33 heavy (non-hydrogen) atoms. The first-order valence-electron chi connectivity index (χ1n) is 11.8. The van der Waals surface area contributed by atoms with Crippen molar-refractivity contribution in [2.45, 2.75) is 51.3 Å². The van der Waals surface area contributed by atoms with Crippen LogP contribution in [0.5, 0.6) is 5.75 Å². The minimum Gasteiger partial charge on any atom is -0.482 e. The second kappa shape index (κ2) is 8.48. The zero-order chi connectivity index (χ0) is 22.4. The lowest BCUT2D eigenvalue weighted by Gasteiger charge is -2.38. The Balaban J connectivity index is 1.17. The Morgan fingerprint density at radius 2 is 1.94 bits per heavy atom. The molecule has 0 radical (unpaired) electrons. The van der Waals surface area contributed by atoms with Crippen LogP contribution in [0, 0.1) is 18.8 Å². The number of fused-ring (bicyclic) bond motifs is 3. The number of nitrogens with zero attached hydrogens (tertiary/aromatic N) is 6. The van der Waals surface area contributed by atoms with Crippen LogP contribution in [0.4, 0.5) is 11.8 Å². The first kappa shape index (κ1) is 20.7. The van der Waals surface area contributed by atoms with Gasteiger partial charge in [0.2, 0.25) is 5.95 Å². The van der Waals surface area contributed by atoms with E-state index in [2.05, 4.69) is 26.3 Å². The Kier molecular flexibility index (Phi) is 5.32. The molecule has 1 aromatic carbocycles. The molecule has 2 aliphatic heterocycles. The van der Waals surface area contributed by atoms with E-state index in [1.165, 1.54) is 12.8 Å². The summed E-state index contributed by atoms with van der Waals surface area (Å²) in [6.07, 6.45) is 5.93. The largest absolute Gasteiger partial charge is 0.482 e. The Bertz CT molecular complexity index is 1140. The molecular formula is C24H28ClN7O. The highest BCUT2D eigenvalue weighted by Crippen LogP contribution is 2.40. The molecule has 1 aliphatic carbocycles. The highest BCUT2D eigenvalue weighted by molar-refractivity contribution is 6.30. The maximum absolute atomic E-state index is 6.24. The van der Waals surface area contributed by atoms with E-state index in [9.17, 15) is 0 Å². The van der Waals surface area contributed by atoms with Crippen molar-refractivity contribution < 1.29 is 4.74 Å². The lowest BCUT2D eigenvalue weighted by atomic mass is 9.92. The average Bonchev–Trinajstić information content (AvgIpc) is 3.31. The van der Waals surface area contributed by atoms with Crippen molar-refractivity contribution in [3.8, 4) is 5.75 Å². The van der Waals surface area contributed by atoms with Crippen molar-refractivity contribution in [3.63, 3.8) is 0 Å². The van der Waals surface area contributed by atoms with Crippen molar-refractivity contribution in [3.05, 3.63) is 53.2 Å². The van der Waals surface area contributed by atoms with Gasteiger partial charge in [0.05, 0.1) is 0 Å². The van der Waals surface area contributed by atoms with Gasteiger partial charge >= 0.3 is 0 Å². The molecular weight excluding hydrogens is 438 g/mol. The predicted octanol–water partition coefficient (Wildman–Crippen LogP) is 4.27. The summed E-state index contributed by atoms with van der Waals surface area (Å²) in [6.45, 7) is 4.89. The topological polar surface area (TPSA) is 81.0 Å². The number of piperidine rings is 1. The van der Waals surface area contributed by atoms with Gasteiger partial charge in [-0.25, -0.2) is 14.6 Å². The molecule has 0 amide bonds. The molecule has 2 fully saturated rings. The van der Waals surface area contributed by atoms with Crippen LogP contribution in [0.2, 0.25) is 5.02 Å². The van der Waals surface area contributed by atoms with Crippen LogP contribution in [0.25, 0.3) is 0 Å². The molecule has 1 saturated heterocycles. The molecule has 2 bridgehead atoms. The van der Waals surface area contributed by atoms with E-state index in [-0.39, 0.29) is 6.10 Å². The van der Waals surface area contributed by atoms with Crippen LogP contribution in [-0.4, -0.2) is 43.9 Å². The number of halogens is 1. The molecule has 4 atom stereocenters. The third-order valence-electron chi connectivity index (χ3n) is 7.14. The monoisotopic (exact) mass is 465 g/mol. The van der Waals surface area contributed by atoms with E-state index in [1.54, 1.807) is 6.33 Å². The first-order valence-corrected chi connectivity index (χ1v) is 12.2. The van der Waals surface area contributed by atoms with Crippen LogP contribution < -0.4 is 15.0 Å². The third-order valence-corrected chi connectivity index (χ3v) is 7.38. The molecule has 0 unspecified atom stereocenters. The summed E-state index contributed by atoms with van der Waals surface area (Å²) < 4.78 is 8.24. The van der Waals surface area contributed by atoms with E-state index in [4.69, 9.17) is 26.4 Å². The minimum atomic E-state index is -0.111. The van der Waals surface area contributed by atoms with Crippen molar-refractivity contribution in [1.29, 1.82) is 0 Å². The molecule has 172 valence electrons. The third kappa shape index (κ3) is 4.12. The average molecular weight is 466 g/mol. The molecule has 8 nitrogen and oxygen atoms in total. The summed E-state index contributed by atoms with van der Waals surface area (Å²) in [6, 6.07) is 10.0. The second-order valence-electron chi connectivity index (χ2n) is 9.41. The Morgan fingerprint density at radius 1 is 1.09 bits per heavy atom. The Labute approximate surface area is 198 Å². The number of hydrogen-bond acceptors (Lipinski definition) is 7. The number of aromatic nitrogens is 5. The smallest absolute Gasteiger partial charge is 0.242 e. The maximum Gasteiger partial charge on any atom is 0.242 e. The summed E-state index contributed by atoms with van der Waals surface area (Å²) in [4.78, 5) is 16.0. The van der Waals surface area contributed by atoms with Crippen LogP contribution in [0.15, 0.2) is 36.7 Å². The zero-order valence-electron chi connectivity index (χ0n) is 18.7. The van der Waals surface area contributed by atoms with E-state index in [0.29, 0.717) is 22.9 Å². The Morgan fingerprint density at radius 3 is 2.73 bits per heavy atom. The van der Waals surface area contributed by atoms with Crippen molar-refractivity contribution in [1.82, 2.24) is 24.7 Å². The molecule has 4 heterocycles. The second-order valence-corrected chi connectivity index (χ2v) is 9.85. The summed E-state index contributed by atoms with van der Waals surface area (Å²) in [5.41, 5.74) is 1.01. The molecule has 3 aliphatic rings. The van der Waals surface area contributed by atoms with Crippen LogP contribution in [0.3, 0.4) is 0 Å². The highest BCUT2D eigenvalue weighted by Gasteiger charge is 2.43. The van der Waals surface area contributed by atoms with Crippen LogP contribution in [0.1, 0.15) is 43.3 Å². The lowest BCUT2D eigenvalue weighted by Crippen LogP contribution is -2.48. The van der Waals surface area contributed by atoms with Crippen molar-refractivity contribution >= 4 is 23.4 Å². The van der Waals surface area contributed by atoms with Gasteiger partial charge in [-0.15, -0.1) is 5.10 Å². The van der Waals surface area contributed by atoms with Gasteiger partial charge in [-0.05, 0) is 62.6 Å². The van der Waals surface area contributed by atoms with Gasteiger partial charge in [0.15, 0.2) is 11.9 Å².